The lowest BCUT2D eigenvalue weighted by Gasteiger charge is -2.19. The molecule has 0 atom stereocenters. The van der Waals surface area contributed by atoms with E-state index in [2.05, 4.69) is 10.3 Å². The molecule has 4 nitrogen and oxygen atoms in total. The fourth-order valence-electron chi connectivity index (χ4n) is 2.80. The first kappa shape index (κ1) is 15.6. The van der Waals surface area contributed by atoms with Gasteiger partial charge in [-0.3, -0.25) is 9.78 Å². The number of halogens is 2. The van der Waals surface area contributed by atoms with Crippen LogP contribution in [0.3, 0.4) is 0 Å². The summed E-state index contributed by atoms with van der Waals surface area (Å²) in [5.74, 6) is -0.110. The maximum Gasteiger partial charge on any atom is 0.256 e. The number of amides is 1. The highest BCUT2D eigenvalue weighted by molar-refractivity contribution is 6.32. The van der Waals surface area contributed by atoms with E-state index in [1.54, 1.807) is 36.5 Å². The number of fused-ring (bicyclic) bond motifs is 2. The van der Waals surface area contributed by atoms with E-state index in [4.69, 9.17) is 16.3 Å². The molecule has 0 bridgehead atoms. The lowest BCUT2D eigenvalue weighted by molar-refractivity contribution is -0.111. The number of benzene rings is 2. The molecule has 124 valence electrons. The predicted octanol–water partition coefficient (Wildman–Crippen LogP) is 4.44. The SMILES string of the molecule is O=C(Nc1cncc2ccc(F)cc12)C1=CCOc2ccc(Cl)cc21. The molecule has 0 radical (unpaired) electrons. The summed E-state index contributed by atoms with van der Waals surface area (Å²) in [7, 11) is 0. The quantitative estimate of drug-likeness (QED) is 0.740. The Kier molecular flexibility index (Phi) is 3.86. The smallest absolute Gasteiger partial charge is 0.256 e. The van der Waals surface area contributed by atoms with E-state index < -0.39 is 0 Å². The van der Waals surface area contributed by atoms with Gasteiger partial charge in [-0.25, -0.2) is 4.39 Å². The van der Waals surface area contributed by atoms with Gasteiger partial charge in [0.25, 0.3) is 5.91 Å². The summed E-state index contributed by atoms with van der Waals surface area (Å²) in [5, 5.41) is 4.64. The highest BCUT2D eigenvalue weighted by Gasteiger charge is 2.21. The average Bonchev–Trinajstić information content (AvgIpc) is 2.61. The molecule has 1 aliphatic heterocycles. The second kappa shape index (κ2) is 6.18. The third-order valence-electron chi connectivity index (χ3n) is 3.97. The van der Waals surface area contributed by atoms with Gasteiger partial charge < -0.3 is 10.1 Å². The van der Waals surface area contributed by atoms with E-state index in [9.17, 15) is 9.18 Å². The van der Waals surface area contributed by atoms with Gasteiger partial charge in [-0.05, 0) is 42.5 Å². The molecule has 4 rings (SSSR count). The molecule has 0 fully saturated rings. The number of ether oxygens (including phenoxy) is 1. The molecule has 1 aliphatic rings. The minimum absolute atomic E-state index is 0.291. The highest BCUT2D eigenvalue weighted by atomic mass is 35.5. The maximum atomic E-state index is 13.6. The van der Waals surface area contributed by atoms with Crippen molar-refractivity contribution in [1.82, 2.24) is 4.98 Å². The molecule has 1 N–H and O–H groups in total. The molecule has 6 heteroatoms. The topological polar surface area (TPSA) is 51.2 Å². The number of nitrogens with zero attached hydrogens (tertiary/aromatic N) is 1. The molecule has 0 unspecified atom stereocenters. The zero-order valence-corrected chi connectivity index (χ0v) is 13.7. The first-order chi connectivity index (χ1) is 12.1. The highest BCUT2D eigenvalue weighted by Crippen LogP contribution is 2.33. The van der Waals surface area contributed by atoms with Crippen LogP contribution in [0.4, 0.5) is 10.1 Å². The molecule has 1 aromatic heterocycles. The van der Waals surface area contributed by atoms with Crippen LogP contribution < -0.4 is 10.1 Å². The zero-order chi connectivity index (χ0) is 17.4. The van der Waals surface area contributed by atoms with Crippen molar-refractivity contribution >= 4 is 39.5 Å². The summed E-state index contributed by atoms with van der Waals surface area (Å²) < 4.78 is 19.1. The Morgan fingerprint density at radius 1 is 1.20 bits per heavy atom. The van der Waals surface area contributed by atoms with Crippen LogP contribution >= 0.6 is 11.6 Å². The van der Waals surface area contributed by atoms with E-state index in [1.807, 2.05) is 0 Å². The largest absolute Gasteiger partial charge is 0.489 e. The third kappa shape index (κ3) is 2.94. The number of aromatic nitrogens is 1. The number of nitrogens with one attached hydrogen (secondary N) is 1. The molecular weight excluding hydrogens is 343 g/mol. The van der Waals surface area contributed by atoms with Crippen LogP contribution in [0.5, 0.6) is 5.75 Å². The number of carbonyl (C=O) groups excluding carboxylic acids is 1. The number of rotatable bonds is 2. The van der Waals surface area contributed by atoms with Crippen LogP contribution in [-0.2, 0) is 4.79 Å². The Bertz CT molecular complexity index is 1030. The van der Waals surface area contributed by atoms with Crippen molar-refractivity contribution in [3.8, 4) is 5.75 Å². The van der Waals surface area contributed by atoms with E-state index >= 15 is 0 Å². The average molecular weight is 355 g/mol. The molecule has 0 saturated heterocycles. The van der Waals surface area contributed by atoms with Gasteiger partial charge >= 0.3 is 0 Å². The summed E-state index contributed by atoms with van der Waals surface area (Å²) >= 11 is 6.04. The summed E-state index contributed by atoms with van der Waals surface area (Å²) in [4.78, 5) is 16.9. The van der Waals surface area contributed by atoms with Crippen molar-refractivity contribution in [1.29, 1.82) is 0 Å². The van der Waals surface area contributed by atoms with Gasteiger partial charge in [0.1, 0.15) is 18.2 Å². The van der Waals surface area contributed by atoms with Gasteiger partial charge in [-0.1, -0.05) is 11.6 Å². The molecule has 2 heterocycles. The molecular formula is C19H12ClFN2O2. The second-order valence-electron chi connectivity index (χ2n) is 5.58. The van der Waals surface area contributed by atoms with Gasteiger partial charge in [0.15, 0.2) is 0 Å². The number of pyridine rings is 1. The normalized spacial score (nSPS) is 13.0. The van der Waals surface area contributed by atoms with Crippen LogP contribution in [0.25, 0.3) is 16.3 Å². The minimum Gasteiger partial charge on any atom is -0.489 e. The molecule has 0 saturated carbocycles. The predicted molar refractivity (Wildman–Crippen MR) is 95.3 cm³/mol. The van der Waals surface area contributed by atoms with E-state index in [0.29, 0.717) is 39.6 Å². The lowest BCUT2D eigenvalue weighted by Crippen LogP contribution is -2.18. The van der Waals surface area contributed by atoms with Crippen molar-refractivity contribution in [2.45, 2.75) is 0 Å². The Morgan fingerprint density at radius 2 is 2.08 bits per heavy atom. The second-order valence-corrected chi connectivity index (χ2v) is 6.01. The fourth-order valence-corrected chi connectivity index (χ4v) is 2.98. The molecule has 0 aliphatic carbocycles. The summed E-state index contributed by atoms with van der Waals surface area (Å²) in [6, 6.07) is 9.47. The standard InChI is InChI=1S/C19H12ClFN2O2/c20-12-2-4-18-16(7-12)14(5-6-25-18)19(24)23-17-10-22-9-11-1-3-13(21)8-15(11)17/h1-5,7-10H,6H2,(H,23,24). The van der Waals surface area contributed by atoms with Crippen molar-refractivity contribution in [2.24, 2.45) is 0 Å². The molecule has 1 amide bonds. The Morgan fingerprint density at radius 3 is 2.96 bits per heavy atom. The van der Waals surface area contributed by atoms with Crippen LogP contribution in [0, 0.1) is 5.82 Å². The number of carbonyl (C=O) groups is 1. The van der Waals surface area contributed by atoms with E-state index in [-0.39, 0.29) is 11.7 Å². The van der Waals surface area contributed by atoms with Crippen LogP contribution in [0.2, 0.25) is 5.02 Å². The lowest BCUT2D eigenvalue weighted by atomic mass is 10.0. The fraction of sp³-hybridized carbons (Fsp3) is 0.0526. The maximum absolute atomic E-state index is 13.6. The number of hydrogen-bond acceptors (Lipinski definition) is 3. The summed E-state index contributed by atoms with van der Waals surface area (Å²) in [6.45, 7) is 0.291. The Labute approximate surface area is 147 Å². The molecule has 0 spiro atoms. The first-order valence-corrected chi connectivity index (χ1v) is 7.97. The Hall–Kier alpha value is -2.92. The first-order valence-electron chi connectivity index (χ1n) is 7.59. The van der Waals surface area contributed by atoms with Crippen molar-refractivity contribution < 1.29 is 13.9 Å². The monoisotopic (exact) mass is 354 g/mol. The molecule has 3 aromatic rings. The summed E-state index contributed by atoms with van der Waals surface area (Å²) in [5.41, 5.74) is 1.52. The summed E-state index contributed by atoms with van der Waals surface area (Å²) in [6.07, 6.45) is 4.80. The van der Waals surface area contributed by atoms with Crippen LogP contribution in [-0.4, -0.2) is 17.5 Å². The van der Waals surface area contributed by atoms with Crippen molar-refractivity contribution in [2.75, 3.05) is 11.9 Å². The van der Waals surface area contributed by atoms with Crippen molar-refractivity contribution in [3.05, 3.63) is 71.3 Å². The van der Waals surface area contributed by atoms with Crippen LogP contribution in [0.15, 0.2) is 54.9 Å². The van der Waals surface area contributed by atoms with Gasteiger partial charge in [-0.2, -0.15) is 0 Å². The minimum atomic E-state index is -0.378. The Balaban J connectivity index is 1.71. The zero-order valence-electron chi connectivity index (χ0n) is 12.9. The van der Waals surface area contributed by atoms with Crippen molar-refractivity contribution in [3.63, 3.8) is 0 Å². The van der Waals surface area contributed by atoms with E-state index in [0.717, 1.165) is 5.39 Å². The number of anilines is 1. The third-order valence-corrected chi connectivity index (χ3v) is 4.21. The van der Waals surface area contributed by atoms with Gasteiger partial charge in [0, 0.05) is 27.6 Å². The van der Waals surface area contributed by atoms with E-state index in [1.165, 1.54) is 18.3 Å². The molecule has 2 aromatic carbocycles. The number of hydrogen-bond donors (Lipinski definition) is 1. The molecule has 25 heavy (non-hydrogen) atoms. The van der Waals surface area contributed by atoms with Crippen LogP contribution in [0.1, 0.15) is 5.56 Å². The van der Waals surface area contributed by atoms with Gasteiger partial charge in [0.05, 0.1) is 17.5 Å². The van der Waals surface area contributed by atoms with Gasteiger partial charge in [0.2, 0.25) is 0 Å². The van der Waals surface area contributed by atoms with Gasteiger partial charge in [-0.15, -0.1) is 0 Å².